The van der Waals surface area contributed by atoms with Crippen molar-refractivity contribution in [2.45, 2.75) is 25.5 Å². The van der Waals surface area contributed by atoms with Gasteiger partial charge in [0.15, 0.2) is 0 Å². The summed E-state index contributed by atoms with van der Waals surface area (Å²) < 4.78 is 0. The third kappa shape index (κ3) is 1.86. The Bertz CT molecular complexity index is 408. The van der Waals surface area contributed by atoms with Crippen molar-refractivity contribution in [1.82, 2.24) is 4.98 Å². The summed E-state index contributed by atoms with van der Waals surface area (Å²) in [5.74, 6) is -0.896. The van der Waals surface area contributed by atoms with Gasteiger partial charge in [-0.2, -0.15) is 0 Å². The summed E-state index contributed by atoms with van der Waals surface area (Å²) in [5.41, 5.74) is 1.75. The SMILES string of the molecule is Cc1cnccc1N1CC(O)CC1C(=O)O. The van der Waals surface area contributed by atoms with Crippen LogP contribution in [0.5, 0.6) is 0 Å². The first-order valence-corrected chi connectivity index (χ1v) is 5.17. The summed E-state index contributed by atoms with van der Waals surface area (Å²) in [7, 11) is 0. The number of carboxylic acid groups (broad SMARTS) is 1. The highest BCUT2D eigenvalue weighted by Gasteiger charge is 2.36. The van der Waals surface area contributed by atoms with Crippen LogP contribution in [0.2, 0.25) is 0 Å². The third-order valence-electron chi connectivity index (χ3n) is 2.86. The molecule has 0 aliphatic carbocycles. The second-order valence-corrected chi connectivity index (χ2v) is 4.06. The Labute approximate surface area is 93.3 Å². The second-order valence-electron chi connectivity index (χ2n) is 4.06. The zero-order chi connectivity index (χ0) is 11.7. The lowest BCUT2D eigenvalue weighted by molar-refractivity contribution is -0.138. The molecule has 1 fully saturated rings. The van der Waals surface area contributed by atoms with Crippen molar-refractivity contribution in [3.05, 3.63) is 24.0 Å². The van der Waals surface area contributed by atoms with E-state index in [1.807, 2.05) is 6.92 Å². The second kappa shape index (κ2) is 4.09. The zero-order valence-corrected chi connectivity index (χ0v) is 9.00. The summed E-state index contributed by atoms with van der Waals surface area (Å²) >= 11 is 0. The number of carbonyl (C=O) groups is 1. The van der Waals surface area contributed by atoms with E-state index in [-0.39, 0.29) is 6.42 Å². The highest BCUT2D eigenvalue weighted by molar-refractivity contribution is 5.79. The molecule has 2 heterocycles. The lowest BCUT2D eigenvalue weighted by Crippen LogP contribution is -2.36. The van der Waals surface area contributed by atoms with Gasteiger partial charge in [-0.1, -0.05) is 0 Å². The number of aliphatic carboxylic acids is 1. The van der Waals surface area contributed by atoms with Gasteiger partial charge in [0.2, 0.25) is 0 Å². The Morgan fingerprint density at radius 2 is 2.38 bits per heavy atom. The van der Waals surface area contributed by atoms with Gasteiger partial charge in [0.25, 0.3) is 0 Å². The number of hydrogen-bond donors (Lipinski definition) is 2. The first-order valence-electron chi connectivity index (χ1n) is 5.17. The van der Waals surface area contributed by atoms with E-state index in [0.717, 1.165) is 11.3 Å². The lowest BCUT2D eigenvalue weighted by Gasteiger charge is -2.24. The molecule has 2 rings (SSSR count). The minimum Gasteiger partial charge on any atom is -0.480 e. The quantitative estimate of drug-likeness (QED) is 0.758. The Kier molecular flexibility index (Phi) is 2.78. The fourth-order valence-electron chi connectivity index (χ4n) is 2.10. The molecule has 86 valence electrons. The molecule has 0 saturated carbocycles. The van der Waals surface area contributed by atoms with Gasteiger partial charge in [-0.05, 0) is 18.6 Å². The number of nitrogens with zero attached hydrogens (tertiary/aromatic N) is 2. The molecule has 16 heavy (non-hydrogen) atoms. The molecule has 2 unspecified atom stereocenters. The third-order valence-corrected chi connectivity index (χ3v) is 2.86. The molecule has 5 nitrogen and oxygen atoms in total. The van der Waals surface area contributed by atoms with Crippen LogP contribution in [0.4, 0.5) is 5.69 Å². The Hall–Kier alpha value is -1.62. The standard InChI is InChI=1S/C11H14N2O3/c1-7-5-12-3-2-9(7)13-6-8(14)4-10(13)11(15)16/h2-3,5,8,10,14H,4,6H2,1H3,(H,15,16). The molecule has 1 aliphatic heterocycles. The van der Waals surface area contributed by atoms with E-state index in [2.05, 4.69) is 4.98 Å². The van der Waals surface area contributed by atoms with Crippen molar-refractivity contribution < 1.29 is 15.0 Å². The molecular formula is C11H14N2O3. The predicted octanol–water partition coefficient (Wildman–Crippen LogP) is 0.414. The van der Waals surface area contributed by atoms with Gasteiger partial charge < -0.3 is 15.1 Å². The lowest BCUT2D eigenvalue weighted by atomic mass is 10.2. The van der Waals surface area contributed by atoms with E-state index in [9.17, 15) is 9.90 Å². The number of aliphatic hydroxyl groups excluding tert-OH is 1. The smallest absolute Gasteiger partial charge is 0.326 e. The fourth-order valence-corrected chi connectivity index (χ4v) is 2.10. The van der Waals surface area contributed by atoms with Crippen molar-refractivity contribution >= 4 is 11.7 Å². The maximum Gasteiger partial charge on any atom is 0.326 e. The van der Waals surface area contributed by atoms with Crippen LogP contribution < -0.4 is 4.90 Å². The zero-order valence-electron chi connectivity index (χ0n) is 9.00. The van der Waals surface area contributed by atoms with Crippen molar-refractivity contribution in [3.63, 3.8) is 0 Å². The summed E-state index contributed by atoms with van der Waals surface area (Å²) in [6.07, 6.45) is 3.02. The number of anilines is 1. The van der Waals surface area contributed by atoms with Crippen molar-refractivity contribution in [2.75, 3.05) is 11.4 Å². The number of carboxylic acids is 1. The van der Waals surface area contributed by atoms with E-state index >= 15 is 0 Å². The minimum atomic E-state index is -0.896. The van der Waals surface area contributed by atoms with Crippen LogP contribution in [0.1, 0.15) is 12.0 Å². The molecule has 0 aromatic carbocycles. The van der Waals surface area contributed by atoms with Gasteiger partial charge >= 0.3 is 5.97 Å². The van der Waals surface area contributed by atoms with Crippen LogP contribution in [0.3, 0.4) is 0 Å². The van der Waals surface area contributed by atoms with Gasteiger partial charge in [0.05, 0.1) is 6.10 Å². The Balaban J connectivity index is 2.33. The van der Waals surface area contributed by atoms with Gasteiger partial charge in [-0.3, -0.25) is 4.98 Å². The van der Waals surface area contributed by atoms with E-state index in [1.165, 1.54) is 0 Å². The highest BCUT2D eigenvalue weighted by Crippen LogP contribution is 2.27. The Morgan fingerprint density at radius 3 is 3.00 bits per heavy atom. The van der Waals surface area contributed by atoms with E-state index in [4.69, 9.17) is 5.11 Å². The molecule has 2 N–H and O–H groups in total. The average molecular weight is 222 g/mol. The topological polar surface area (TPSA) is 73.7 Å². The Morgan fingerprint density at radius 1 is 1.62 bits per heavy atom. The normalized spacial score (nSPS) is 24.8. The summed E-state index contributed by atoms with van der Waals surface area (Å²) in [4.78, 5) is 16.8. The molecule has 0 radical (unpaired) electrons. The van der Waals surface area contributed by atoms with Crippen LogP contribution in [0.25, 0.3) is 0 Å². The van der Waals surface area contributed by atoms with Crippen LogP contribution in [-0.2, 0) is 4.79 Å². The molecule has 0 amide bonds. The maximum absolute atomic E-state index is 11.1. The van der Waals surface area contributed by atoms with Crippen LogP contribution in [-0.4, -0.2) is 39.9 Å². The number of rotatable bonds is 2. The van der Waals surface area contributed by atoms with Gasteiger partial charge in [-0.25, -0.2) is 4.79 Å². The number of aromatic nitrogens is 1. The molecule has 1 aromatic rings. The number of aliphatic hydroxyl groups is 1. The molecule has 1 aromatic heterocycles. The molecule has 2 atom stereocenters. The summed E-state index contributed by atoms with van der Waals surface area (Å²) in [6, 6.07) is 1.14. The van der Waals surface area contributed by atoms with E-state index in [1.54, 1.807) is 23.4 Å². The van der Waals surface area contributed by atoms with Crippen LogP contribution >= 0.6 is 0 Å². The van der Waals surface area contributed by atoms with Crippen LogP contribution in [0.15, 0.2) is 18.5 Å². The van der Waals surface area contributed by atoms with Crippen molar-refractivity contribution in [3.8, 4) is 0 Å². The van der Waals surface area contributed by atoms with E-state index < -0.39 is 18.1 Å². The van der Waals surface area contributed by atoms with Gasteiger partial charge in [0.1, 0.15) is 6.04 Å². The van der Waals surface area contributed by atoms with E-state index in [0.29, 0.717) is 6.54 Å². The maximum atomic E-state index is 11.1. The predicted molar refractivity (Wildman–Crippen MR) is 58.4 cm³/mol. The molecule has 1 aliphatic rings. The highest BCUT2D eigenvalue weighted by atomic mass is 16.4. The van der Waals surface area contributed by atoms with Gasteiger partial charge in [-0.15, -0.1) is 0 Å². The van der Waals surface area contributed by atoms with Crippen molar-refractivity contribution in [2.24, 2.45) is 0 Å². The number of aryl methyl sites for hydroxylation is 1. The number of hydrogen-bond acceptors (Lipinski definition) is 4. The summed E-state index contributed by atoms with van der Waals surface area (Å²) in [6.45, 7) is 2.24. The molecule has 1 saturated heterocycles. The number of β-amino-alcohol motifs (C(OH)–C–C–N with tert-alkyl or cyclic N) is 1. The molecular weight excluding hydrogens is 208 g/mol. The molecule has 5 heteroatoms. The number of pyridine rings is 1. The largest absolute Gasteiger partial charge is 0.480 e. The van der Waals surface area contributed by atoms with Crippen LogP contribution in [0, 0.1) is 6.92 Å². The average Bonchev–Trinajstić information content (AvgIpc) is 2.61. The first kappa shape index (κ1) is 10.9. The minimum absolute atomic E-state index is 0.275. The van der Waals surface area contributed by atoms with Gasteiger partial charge in [0, 0.05) is 31.0 Å². The monoisotopic (exact) mass is 222 g/mol. The van der Waals surface area contributed by atoms with Crippen molar-refractivity contribution in [1.29, 1.82) is 0 Å². The fraction of sp³-hybridized carbons (Fsp3) is 0.455. The summed E-state index contributed by atoms with van der Waals surface area (Å²) in [5, 5.41) is 18.6. The first-order chi connectivity index (χ1) is 7.59. The molecule has 0 bridgehead atoms. The molecule has 0 spiro atoms.